The second-order valence-corrected chi connectivity index (χ2v) is 8.76. The standard InChI is InChI=1S/C19H22Cl2N2O4S/c1-4-17(19(24)22-16-8-6-7-9-18(16)27-5-2)23(28(3,25)26)15-11-13(20)10-14(21)12-15/h6-12,17H,4-5H2,1-3H3,(H,22,24)/t17-/m1/s1. The lowest BCUT2D eigenvalue weighted by Crippen LogP contribution is -2.47. The highest BCUT2D eigenvalue weighted by Crippen LogP contribution is 2.30. The van der Waals surface area contributed by atoms with Crippen LogP contribution < -0.4 is 14.4 Å². The van der Waals surface area contributed by atoms with Crippen molar-refractivity contribution in [2.24, 2.45) is 0 Å². The molecule has 0 spiro atoms. The van der Waals surface area contributed by atoms with Crippen molar-refractivity contribution in [3.05, 3.63) is 52.5 Å². The first-order valence-corrected chi connectivity index (χ1v) is 11.3. The largest absolute Gasteiger partial charge is 0.492 e. The van der Waals surface area contributed by atoms with Crippen LogP contribution in [-0.4, -0.2) is 33.2 Å². The van der Waals surface area contributed by atoms with Crippen molar-refractivity contribution in [1.29, 1.82) is 0 Å². The molecule has 0 unspecified atom stereocenters. The van der Waals surface area contributed by atoms with Crippen LogP contribution in [0.1, 0.15) is 20.3 Å². The van der Waals surface area contributed by atoms with Gasteiger partial charge in [0.25, 0.3) is 0 Å². The second-order valence-electron chi connectivity index (χ2n) is 6.03. The van der Waals surface area contributed by atoms with Gasteiger partial charge in [-0.05, 0) is 43.7 Å². The molecule has 9 heteroatoms. The molecule has 2 rings (SSSR count). The smallest absolute Gasteiger partial charge is 0.248 e. The molecule has 0 aromatic heterocycles. The van der Waals surface area contributed by atoms with Crippen molar-refractivity contribution in [3.8, 4) is 5.75 Å². The molecule has 0 bridgehead atoms. The molecule has 152 valence electrons. The monoisotopic (exact) mass is 444 g/mol. The summed E-state index contributed by atoms with van der Waals surface area (Å²) in [5, 5.41) is 3.30. The molecular formula is C19H22Cl2N2O4S. The first kappa shape index (κ1) is 22.3. The Morgan fingerprint density at radius 1 is 1.14 bits per heavy atom. The number of hydrogen-bond acceptors (Lipinski definition) is 4. The number of rotatable bonds is 8. The molecule has 6 nitrogen and oxygen atoms in total. The molecule has 0 fully saturated rings. The maximum atomic E-state index is 13.0. The first-order chi connectivity index (χ1) is 13.2. The Bertz CT molecular complexity index is 930. The molecule has 1 amide bonds. The van der Waals surface area contributed by atoms with E-state index in [0.29, 0.717) is 18.0 Å². The summed E-state index contributed by atoms with van der Waals surface area (Å²) in [6, 6.07) is 10.4. The zero-order valence-corrected chi connectivity index (χ0v) is 18.1. The predicted molar refractivity (Wildman–Crippen MR) is 114 cm³/mol. The summed E-state index contributed by atoms with van der Waals surface area (Å²) in [6.45, 7) is 3.99. The zero-order chi connectivity index (χ0) is 20.9. The van der Waals surface area contributed by atoms with Crippen molar-refractivity contribution in [3.63, 3.8) is 0 Å². The summed E-state index contributed by atoms with van der Waals surface area (Å²) < 4.78 is 31.6. The zero-order valence-electron chi connectivity index (χ0n) is 15.8. The van der Waals surface area contributed by atoms with E-state index in [1.54, 1.807) is 31.2 Å². The fraction of sp³-hybridized carbons (Fsp3) is 0.316. The first-order valence-electron chi connectivity index (χ1n) is 8.65. The van der Waals surface area contributed by atoms with Gasteiger partial charge in [0.15, 0.2) is 0 Å². The van der Waals surface area contributed by atoms with Crippen LogP contribution in [0.5, 0.6) is 5.75 Å². The molecule has 0 radical (unpaired) electrons. The highest BCUT2D eigenvalue weighted by molar-refractivity contribution is 7.92. The van der Waals surface area contributed by atoms with Crippen molar-refractivity contribution < 1.29 is 17.9 Å². The van der Waals surface area contributed by atoms with Crippen LogP contribution in [0.15, 0.2) is 42.5 Å². The number of anilines is 2. The number of carbonyl (C=O) groups is 1. The maximum absolute atomic E-state index is 13.0. The van der Waals surface area contributed by atoms with Gasteiger partial charge in [-0.25, -0.2) is 8.42 Å². The lowest BCUT2D eigenvalue weighted by molar-refractivity contribution is -0.117. The van der Waals surface area contributed by atoms with E-state index < -0.39 is 22.0 Å². The highest BCUT2D eigenvalue weighted by Gasteiger charge is 2.32. The second kappa shape index (κ2) is 9.49. The Kier molecular flexibility index (Phi) is 7.57. The Balaban J connectivity index is 2.43. The van der Waals surface area contributed by atoms with Crippen LogP contribution in [-0.2, 0) is 14.8 Å². The van der Waals surface area contributed by atoms with Crippen LogP contribution >= 0.6 is 23.2 Å². The van der Waals surface area contributed by atoms with E-state index in [4.69, 9.17) is 27.9 Å². The van der Waals surface area contributed by atoms with Crippen LogP contribution in [0, 0.1) is 0 Å². The van der Waals surface area contributed by atoms with Crippen LogP contribution in [0.4, 0.5) is 11.4 Å². The van der Waals surface area contributed by atoms with Crippen molar-refractivity contribution in [2.75, 3.05) is 22.5 Å². The van der Waals surface area contributed by atoms with Gasteiger partial charge < -0.3 is 10.1 Å². The number of nitrogens with zero attached hydrogens (tertiary/aromatic N) is 1. The number of halogens is 2. The molecule has 0 heterocycles. The molecule has 2 aromatic carbocycles. The Morgan fingerprint density at radius 3 is 2.29 bits per heavy atom. The van der Waals surface area contributed by atoms with Crippen molar-refractivity contribution in [1.82, 2.24) is 0 Å². The van der Waals surface area contributed by atoms with E-state index in [-0.39, 0.29) is 22.2 Å². The lowest BCUT2D eigenvalue weighted by Gasteiger charge is -2.30. The third-order valence-corrected chi connectivity index (χ3v) is 5.49. The number of amides is 1. The number of hydrogen-bond donors (Lipinski definition) is 1. The summed E-state index contributed by atoms with van der Waals surface area (Å²) in [5.41, 5.74) is 0.686. The highest BCUT2D eigenvalue weighted by atomic mass is 35.5. The van der Waals surface area contributed by atoms with E-state index in [2.05, 4.69) is 5.32 Å². The van der Waals surface area contributed by atoms with E-state index >= 15 is 0 Å². The molecule has 0 aliphatic heterocycles. The molecule has 0 saturated carbocycles. The Labute approximate surface area is 175 Å². The van der Waals surface area contributed by atoms with Crippen LogP contribution in [0.25, 0.3) is 0 Å². The molecule has 28 heavy (non-hydrogen) atoms. The maximum Gasteiger partial charge on any atom is 0.248 e. The number of benzene rings is 2. The molecule has 0 aliphatic rings. The minimum absolute atomic E-state index is 0.222. The quantitative estimate of drug-likeness (QED) is 0.646. The number of ether oxygens (including phenoxy) is 1. The van der Waals surface area contributed by atoms with Gasteiger partial charge >= 0.3 is 0 Å². The summed E-state index contributed by atoms with van der Waals surface area (Å²) in [6.07, 6.45) is 1.27. The predicted octanol–water partition coefficient (Wildman–Crippen LogP) is 4.58. The fourth-order valence-corrected chi connectivity index (χ4v) is 4.50. The molecular weight excluding hydrogens is 423 g/mol. The Morgan fingerprint density at radius 2 is 1.75 bits per heavy atom. The van der Waals surface area contributed by atoms with Gasteiger partial charge in [-0.3, -0.25) is 9.10 Å². The normalized spacial score (nSPS) is 12.3. The Hall–Kier alpha value is -1.96. The molecule has 1 N–H and O–H groups in total. The van der Waals surface area contributed by atoms with E-state index in [1.165, 1.54) is 18.2 Å². The van der Waals surface area contributed by atoms with Gasteiger partial charge in [-0.2, -0.15) is 0 Å². The summed E-state index contributed by atoms with van der Waals surface area (Å²) in [4.78, 5) is 13.0. The SMILES string of the molecule is CCOc1ccccc1NC(=O)[C@@H](CC)N(c1cc(Cl)cc(Cl)c1)S(C)(=O)=O. The number of nitrogens with one attached hydrogen (secondary N) is 1. The minimum Gasteiger partial charge on any atom is -0.492 e. The lowest BCUT2D eigenvalue weighted by atomic mass is 10.1. The minimum atomic E-state index is -3.80. The van der Waals surface area contributed by atoms with Crippen LogP contribution in [0.2, 0.25) is 10.0 Å². The van der Waals surface area contributed by atoms with Crippen molar-refractivity contribution in [2.45, 2.75) is 26.3 Å². The molecule has 1 atom stereocenters. The van der Waals surface area contributed by atoms with E-state index in [1.807, 2.05) is 6.92 Å². The van der Waals surface area contributed by atoms with Gasteiger partial charge in [0.05, 0.1) is 24.2 Å². The molecule has 2 aromatic rings. The van der Waals surface area contributed by atoms with Gasteiger partial charge in [0.1, 0.15) is 11.8 Å². The van der Waals surface area contributed by atoms with Crippen molar-refractivity contribution >= 4 is 50.5 Å². The topological polar surface area (TPSA) is 75.7 Å². The molecule has 0 aliphatic carbocycles. The summed E-state index contributed by atoms with van der Waals surface area (Å²) in [7, 11) is -3.80. The number of sulfonamides is 1. The van der Waals surface area contributed by atoms with Gasteiger partial charge in [-0.1, -0.05) is 42.3 Å². The van der Waals surface area contributed by atoms with Gasteiger partial charge in [0, 0.05) is 10.0 Å². The fourth-order valence-electron chi connectivity index (χ4n) is 2.79. The number of para-hydroxylation sites is 2. The molecule has 0 saturated heterocycles. The van der Waals surface area contributed by atoms with E-state index in [9.17, 15) is 13.2 Å². The average molecular weight is 445 g/mol. The van der Waals surface area contributed by atoms with Gasteiger partial charge in [-0.15, -0.1) is 0 Å². The number of carbonyl (C=O) groups excluding carboxylic acids is 1. The average Bonchev–Trinajstić information content (AvgIpc) is 2.59. The third kappa shape index (κ3) is 5.53. The summed E-state index contributed by atoms with van der Waals surface area (Å²) in [5.74, 6) is 0.0149. The summed E-state index contributed by atoms with van der Waals surface area (Å²) >= 11 is 12.1. The van der Waals surface area contributed by atoms with Crippen LogP contribution in [0.3, 0.4) is 0 Å². The third-order valence-electron chi connectivity index (χ3n) is 3.88. The van der Waals surface area contributed by atoms with E-state index in [0.717, 1.165) is 10.6 Å². The van der Waals surface area contributed by atoms with Gasteiger partial charge in [0.2, 0.25) is 15.9 Å².